The number of ether oxygens (including phenoxy) is 1. The van der Waals surface area contributed by atoms with Gasteiger partial charge in [0.15, 0.2) is 5.75 Å². The minimum atomic E-state index is 0.578. The summed E-state index contributed by atoms with van der Waals surface area (Å²) in [5.74, 6) is 0.599. The van der Waals surface area contributed by atoms with Crippen molar-refractivity contribution in [3.05, 3.63) is 23.4 Å². The fourth-order valence-corrected chi connectivity index (χ4v) is 2.35. The first-order valence-corrected chi connectivity index (χ1v) is 6.76. The van der Waals surface area contributed by atoms with Gasteiger partial charge < -0.3 is 9.30 Å². The number of rotatable bonds is 3. The molecule has 0 saturated carbocycles. The normalized spacial score (nSPS) is 9.85. The second-order valence-electron chi connectivity index (χ2n) is 4.06. The van der Waals surface area contributed by atoms with Crippen molar-refractivity contribution in [3.63, 3.8) is 0 Å². The van der Waals surface area contributed by atoms with E-state index in [1.165, 1.54) is 0 Å². The van der Waals surface area contributed by atoms with Gasteiger partial charge in [-0.25, -0.2) is 5.21 Å². The fraction of sp³-hybridized carbons (Fsp3) is 0.400. The molecule has 2 rings (SSSR count). The average Bonchev–Trinajstić information content (AvgIpc) is 2.77. The smallest absolute Gasteiger partial charge is 0.204 e. The van der Waals surface area contributed by atoms with Crippen LogP contribution >= 0.6 is 0 Å². The van der Waals surface area contributed by atoms with Gasteiger partial charge in [0, 0.05) is 29.8 Å². The van der Waals surface area contributed by atoms with E-state index in [0.29, 0.717) is 17.0 Å². The Balaban J connectivity index is 0.000000956. The van der Waals surface area contributed by atoms with Gasteiger partial charge in [0.1, 0.15) is 6.07 Å². The quantitative estimate of drug-likeness (QED) is 0.668. The zero-order valence-electron chi connectivity index (χ0n) is 12.7. The number of hydrogen-bond donors (Lipinski definition) is 2. The van der Waals surface area contributed by atoms with Crippen molar-refractivity contribution < 1.29 is 15.4 Å². The Morgan fingerprint density at radius 1 is 1.40 bits per heavy atom. The number of quaternary nitrogens is 1. The van der Waals surface area contributed by atoms with Crippen LogP contribution in [0.4, 0.5) is 5.69 Å². The van der Waals surface area contributed by atoms with Crippen LogP contribution < -0.4 is 10.2 Å². The maximum absolute atomic E-state index is 9.25. The molecule has 5 nitrogen and oxygen atoms in total. The predicted octanol–water partition coefficient (Wildman–Crippen LogP) is 2.46. The number of fused-ring (bicyclic) bond motifs is 1. The van der Waals surface area contributed by atoms with Crippen LogP contribution in [0.15, 0.2) is 12.1 Å². The average molecular weight is 276 g/mol. The number of nitrogens with two attached hydrogens (primary N) is 1. The first kappa shape index (κ1) is 16.0. The molecule has 108 valence electrons. The summed E-state index contributed by atoms with van der Waals surface area (Å²) in [6.45, 7) is 8.75. The van der Waals surface area contributed by atoms with Crippen molar-refractivity contribution in [1.29, 1.82) is 5.26 Å². The van der Waals surface area contributed by atoms with E-state index in [1.54, 1.807) is 13.2 Å². The largest absolute Gasteiger partial charge is 0.491 e. The molecule has 0 bridgehead atoms. The van der Waals surface area contributed by atoms with Crippen LogP contribution in [-0.2, 0) is 6.54 Å². The van der Waals surface area contributed by atoms with Crippen LogP contribution in [0.1, 0.15) is 32.0 Å². The summed E-state index contributed by atoms with van der Waals surface area (Å²) >= 11 is 0. The van der Waals surface area contributed by atoms with Crippen molar-refractivity contribution in [2.24, 2.45) is 0 Å². The van der Waals surface area contributed by atoms with Crippen molar-refractivity contribution in [2.45, 2.75) is 34.2 Å². The van der Waals surface area contributed by atoms with Crippen molar-refractivity contribution in [2.75, 3.05) is 7.11 Å². The molecule has 0 unspecified atom stereocenters. The lowest BCUT2D eigenvalue weighted by molar-refractivity contribution is -0.825. The van der Waals surface area contributed by atoms with E-state index in [-0.39, 0.29) is 0 Å². The summed E-state index contributed by atoms with van der Waals surface area (Å²) < 4.78 is 7.31. The molecule has 0 fully saturated rings. The van der Waals surface area contributed by atoms with Crippen molar-refractivity contribution in [3.8, 4) is 11.8 Å². The molecule has 0 aliphatic rings. The maximum atomic E-state index is 9.25. The number of benzene rings is 1. The molecule has 1 aromatic carbocycles. The highest BCUT2D eigenvalue weighted by molar-refractivity contribution is 5.91. The number of nitriles is 1. The first-order chi connectivity index (χ1) is 9.67. The monoisotopic (exact) mass is 276 g/mol. The summed E-state index contributed by atoms with van der Waals surface area (Å²) in [6, 6.07) is 5.86. The third kappa shape index (κ3) is 2.48. The molecule has 0 aliphatic heterocycles. The van der Waals surface area contributed by atoms with Crippen LogP contribution in [0.25, 0.3) is 10.9 Å². The minimum absolute atomic E-state index is 0.578. The highest BCUT2D eigenvalue weighted by atomic mass is 16.5. The van der Waals surface area contributed by atoms with E-state index in [9.17, 15) is 10.5 Å². The Hall–Kier alpha value is -2.03. The zero-order chi connectivity index (χ0) is 15.3. The van der Waals surface area contributed by atoms with E-state index < -0.39 is 0 Å². The molecule has 20 heavy (non-hydrogen) atoms. The Morgan fingerprint density at radius 2 is 2.05 bits per heavy atom. The first-order valence-electron chi connectivity index (χ1n) is 6.76. The summed E-state index contributed by atoms with van der Waals surface area (Å²) in [4.78, 5) is 0. The van der Waals surface area contributed by atoms with Crippen LogP contribution in [0, 0.1) is 18.3 Å². The predicted molar refractivity (Wildman–Crippen MR) is 78.3 cm³/mol. The molecule has 3 N–H and O–H groups in total. The second kappa shape index (κ2) is 6.94. The lowest BCUT2D eigenvalue weighted by Crippen LogP contribution is -2.73. The molecule has 2 aromatic rings. The molecule has 1 aromatic heterocycles. The van der Waals surface area contributed by atoms with E-state index in [2.05, 4.69) is 10.6 Å². The molecule has 0 saturated heterocycles. The summed E-state index contributed by atoms with van der Waals surface area (Å²) in [5.41, 5.74) is 4.12. The van der Waals surface area contributed by atoms with Crippen molar-refractivity contribution in [1.82, 2.24) is 4.57 Å². The molecule has 0 amide bonds. The molecule has 1 heterocycles. The van der Waals surface area contributed by atoms with Crippen molar-refractivity contribution >= 4 is 16.6 Å². The van der Waals surface area contributed by atoms with Crippen LogP contribution in [-0.4, -0.2) is 16.9 Å². The van der Waals surface area contributed by atoms with E-state index in [0.717, 1.165) is 28.6 Å². The van der Waals surface area contributed by atoms with Gasteiger partial charge in [-0.1, -0.05) is 13.8 Å². The molecule has 0 spiro atoms. The Bertz CT molecular complexity index is 639. The summed E-state index contributed by atoms with van der Waals surface area (Å²) in [6.07, 6.45) is 0. The highest BCUT2D eigenvalue weighted by Crippen LogP contribution is 2.32. The highest BCUT2D eigenvalue weighted by Gasteiger charge is 2.17. The summed E-state index contributed by atoms with van der Waals surface area (Å²) in [5, 5.41) is 19.3. The lowest BCUT2D eigenvalue weighted by atomic mass is 10.1. The van der Waals surface area contributed by atoms with Crippen LogP contribution in [0.2, 0.25) is 0 Å². The number of aromatic nitrogens is 1. The molecule has 0 radical (unpaired) electrons. The van der Waals surface area contributed by atoms with Gasteiger partial charge in [-0.2, -0.15) is 10.7 Å². The SMILES string of the molecule is CC.CCn1c(C)c(C#N)c2cc([NH2+]O)c(OC)cc21. The number of aryl methyl sites for hydroxylation is 1. The van der Waals surface area contributed by atoms with Gasteiger partial charge in [0.2, 0.25) is 5.69 Å². The lowest BCUT2D eigenvalue weighted by Gasteiger charge is -2.06. The van der Waals surface area contributed by atoms with Crippen LogP contribution in [0.5, 0.6) is 5.75 Å². The van der Waals surface area contributed by atoms with Gasteiger partial charge in [0.05, 0.1) is 18.2 Å². The minimum Gasteiger partial charge on any atom is -0.491 e. The maximum Gasteiger partial charge on any atom is 0.204 e. The summed E-state index contributed by atoms with van der Waals surface area (Å²) in [7, 11) is 1.56. The van der Waals surface area contributed by atoms with Crippen LogP contribution in [0.3, 0.4) is 0 Å². The topological polar surface area (TPSA) is 74.8 Å². The standard InChI is InChI=1S/C13H15N3O2.C2H6/c1-4-16-8(2)10(7-14)9-5-11(15-17)13(18-3)6-12(9)16;1-2/h5-6,15,17H,4H2,1-3H3;1-2H3/p+1. The van der Waals surface area contributed by atoms with E-state index >= 15 is 0 Å². The Morgan fingerprint density at radius 3 is 2.50 bits per heavy atom. The molecule has 0 aliphatic carbocycles. The van der Waals surface area contributed by atoms with Gasteiger partial charge in [0.25, 0.3) is 0 Å². The molecular formula is C15H22N3O2+. The van der Waals surface area contributed by atoms with Gasteiger partial charge in [-0.15, -0.1) is 0 Å². The molecular weight excluding hydrogens is 254 g/mol. The number of nitrogens with zero attached hydrogens (tertiary/aromatic N) is 2. The van der Waals surface area contributed by atoms with Gasteiger partial charge in [-0.3, -0.25) is 0 Å². The number of methoxy groups -OCH3 is 1. The fourth-order valence-electron chi connectivity index (χ4n) is 2.35. The third-order valence-corrected chi connectivity index (χ3v) is 3.24. The van der Waals surface area contributed by atoms with Gasteiger partial charge in [-0.05, 0) is 13.8 Å². The Labute approximate surface area is 119 Å². The van der Waals surface area contributed by atoms with E-state index in [1.807, 2.05) is 33.8 Å². The van der Waals surface area contributed by atoms with Gasteiger partial charge >= 0.3 is 0 Å². The number of hydrogen-bond acceptors (Lipinski definition) is 3. The van der Waals surface area contributed by atoms with E-state index in [4.69, 9.17) is 4.74 Å². The molecule has 0 atom stereocenters. The molecule has 5 heteroatoms. The third-order valence-electron chi connectivity index (χ3n) is 3.24. The second-order valence-corrected chi connectivity index (χ2v) is 4.06. The zero-order valence-corrected chi connectivity index (χ0v) is 12.7. The Kier molecular flexibility index (Phi) is 5.56.